The number of benzene rings is 3. The highest BCUT2D eigenvalue weighted by Crippen LogP contribution is 2.26. The van der Waals surface area contributed by atoms with E-state index >= 15 is 0 Å². The number of amides is 2. The van der Waals surface area contributed by atoms with Gasteiger partial charge in [0, 0.05) is 37.5 Å². The molecule has 3 aromatic rings. The molecule has 9 heteroatoms. The third kappa shape index (κ3) is 7.20. The maximum absolute atomic E-state index is 12.7. The van der Waals surface area contributed by atoms with E-state index in [1.165, 1.54) is 33.3 Å². The standard InChI is InChI=1S/C29H35N3O5S/c1-29(2,3)22-13-10-20(11-14-22)28(34)31-24-9-7-8-23(19-24)30-27(33)17-12-21-18-25(15-16-26(21)37-6)38(35,36)32(4)5/h7-11,13-16,18-19H,12,17H2,1-6H3,(H,30,33)(H,31,34). The number of ether oxygens (including phenoxy) is 1. The Bertz CT molecular complexity index is 1410. The van der Waals surface area contributed by atoms with Gasteiger partial charge in [-0.3, -0.25) is 9.59 Å². The summed E-state index contributed by atoms with van der Waals surface area (Å²) in [5.41, 5.74) is 3.38. The average Bonchev–Trinajstić information content (AvgIpc) is 2.87. The van der Waals surface area contributed by atoms with Gasteiger partial charge in [-0.1, -0.05) is 39.0 Å². The highest BCUT2D eigenvalue weighted by molar-refractivity contribution is 7.89. The smallest absolute Gasteiger partial charge is 0.255 e. The van der Waals surface area contributed by atoms with Crippen LogP contribution in [-0.4, -0.2) is 45.7 Å². The Labute approximate surface area is 225 Å². The van der Waals surface area contributed by atoms with E-state index in [9.17, 15) is 18.0 Å². The molecule has 202 valence electrons. The Balaban J connectivity index is 1.64. The summed E-state index contributed by atoms with van der Waals surface area (Å²) in [4.78, 5) is 25.5. The fourth-order valence-electron chi connectivity index (χ4n) is 3.79. The van der Waals surface area contributed by atoms with Gasteiger partial charge in [0.25, 0.3) is 5.91 Å². The van der Waals surface area contributed by atoms with Crippen molar-refractivity contribution in [1.82, 2.24) is 4.31 Å². The minimum atomic E-state index is -3.61. The molecule has 2 N–H and O–H groups in total. The fourth-order valence-corrected chi connectivity index (χ4v) is 4.75. The molecule has 0 atom stereocenters. The van der Waals surface area contributed by atoms with Crippen LogP contribution in [0.2, 0.25) is 0 Å². The first-order valence-electron chi connectivity index (χ1n) is 12.2. The quantitative estimate of drug-likeness (QED) is 0.397. The lowest BCUT2D eigenvalue weighted by atomic mass is 9.87. The molecule has 3 aromatic carbocycles. The summed E-state index contributed by atoms with van der Waals surface area (Å²) in [6, 6.07) is 19.0. The second-order valence-corrected chi connectivity index (χ2v) is 12.3. The highest BCUT2D eigenvalue weighted by Gasteiger charge is 2.19. The van der Waals surface area contributed by atoms with Gasteiger partial charge < -0.3 is 15.4 Å². The van der Waals surface area contributed by atoms with Crippen molar-refractivity contribution < 1.29 is 22.7 Å². The molecule has 0 saturated carbocycles. The normalized spacial score (nSPS) is 11.8. The largest absolute Gasteiger partial charge is 0.496 e. The molecule has 0 aliphatic heterocycles. The number of hydrogen-bond donors (Lipinski definition) is 2. The summed E-state index contributed by atoms with van der Waals surface area (Å²) >= 11 is 0. The maximum Gasteiger partial charge on any atom is 0.255 e. The van der Waals surface area contributed by atoms with Gasteiger partial charge in [-0.25, -0.2) is 12.7 Å². The monoisotopic (exact) mass is 537 g/mol. The van der Waals surface area contributed by atoms with Crippen molar-refractivity contribution in [3.63, 3.8) is 0 Å². The zero-order valence-electron chi connectivity index (χ0n) is 22.7. The Morgan fingerprint density at radius 2 is 1.53 bits per heavy atom. The number of carbonyl (C=O) groups excluding carboxylic acids is 2. The molecular weight excluding hydrogens is 502 g/mol. The van der Waals surface area contributed by atoms with Crippen molar-refractivity contribution in [2.24, 2.45) is 0 Å². The summed E-state index contributed by atoms with van der Waals surface area (Å²) < 4.78 is 31.5. The van der Waals surface area contributed by atoms with Gasteiger partial charge in [-0.15, -0.1) is 0 Å². The van der Waals surface area contributed by atoms with Crippen molar-refractivity contribution in [1.29, 1.82) is 0 Å². The summed E-state index contributed by atoms with van der Waals surface area (Å²) in [6.07, 6.45) is 0.394. The molecule has 3 rings (SSSR count). The lowest BCUT2D eigenvalue weighted by Crippen LogP contribution is -2.22. The first kappa shape index (κ1) is 28.9. The number of methoxy groups -OCH3 is 1. The number of hydrogen-bond acceptors (Lipinski definition) is 5. The van der Waals surface area contributed by atoms with E-state index in [1.807, 2.05) is 12.1 Å². The molecule has 0 saturated heterocycles. The van der Waals surface area contributed by atoms with Crippen molar-refractivity contribution in [2.75, 3.05) is 31.8 Å². The van der Waals surface area contributed by atoms with Crippen LogP contribution in [0.25, 0.3) is 0 Å². The lowest BCUT2D eigenvalue weighted by Gasteiger charge is -2.19. The van der Waals surface area contributed by atoms with Crippen LogP contribution >= 0.6 is 0 Å². The third-order valence-electron chi connectivity index (χ3n) is 6.07. The molecule has 0 aliphatic rings. The minimum absolute atomic E-state index is 0.000594. The van der Waals surface area contributed by atoms with E-state index in [0.29, 0.717) is 28.3 Å². The van der Waals surface area contributed by atoms with Crippen LogP contribution < -0.4 is 15.4 Å². The zero-order chi connectivity index (χ0) is 28.1. The summed E-state index contributed by atoms with van der Waals surface area (Å²) in [5, 5.41) is 5.70. The number of sulfonamides is 1. The molecule has 0 heterocycles. The average molecular weight is 538 g/mol. The molecule has 0 unspecified atom stereocenters. The number of nitrogens with one attached hydrogen (secondary N) is 2. The maximum atomic E-state index is 12.7. The molecule has 8 nitrogen and oxygen atoms in total. The Morgan fingerprint density at radius 1 is 0.895 bits per heavy atom. The Morgan fingerprint density at radius 3 is 2.11 bits per heavy atom. The Kier molecular flexibility index (Phi) is 8.96. The van der Waals surface area contributed by atoms with E-state index in [1.54, 1.807) is 42.5 Å². The van der Waals surface area contributed by atoms with Crippen molar-refractivity contribution in [2.45, 2.75) is 43.9 Å². The summed E-state index contributed by atoms with van der Waals surface area (Å²) in [5.74, 6) is 0.0125. The van der Waals surface area contributed by atoms with Crippen molar-refractivity contribution in [3.05, 3.63) is 83.4 Å². The SMILES string of the molecule is COc1ccc(S(=O)(=O)N(C)C)cc1CCC(=O)Nc1cccc(NC(=O)c2ccc(C(C)(C)C)cc2)c1. The van der Waals surface area contributed by atoms with Gasteiger partial charge >= 0.3 is 0 Å². The van der Waals surface area contributed by atoms with Crippen LogP contribution in [0.5, 0.6) is 5.75 Å². The van der Waals surface area contributed by atoms with E-state index < -0.39 is 10.0 Å². The van der Waals surface area contributed by atoms with Crippen LogP contribution in [-0.2, 0) is 26.7 Å². The first-order valence-corrected chi connectivity index (χ1v) is 13.7. The molecule has 0 radical (unpaired) electrons. The van der Waals surface area contributed by atoms with Crippen molar-refractivity contribution >= 4 is 33.2 Å². The van der Waals surface area contributed by atoms with Gasteiger partial charge in [0.1, 0.15) is 5.75 Å². The predicted molar refractivity (Wildman–Crippen MR) is 150 cm³/mol. The molecule has 0 spiro atoms. The molecule has 2 amide bonds. The van der Waals surface area contributed by atoms with E-state index in [4.69, 9.17) is 4.74 Å². The zero-order valence-corrected chi connectivity index (χ0v) is 23.5. The summed E-state index contributed by atoms with van der Waals surface area (Å²) in [7, 11) is 0.814. The Hall–Kier alpha value is -3.69. The van der Waals surface area contributed by atoms with Gasteiger partial charge in [-0.2, -0.15) is 0 Å². The second-order valence-electron chi connectivity index (χ2n) is 10.2. The predicted octanol–water partition coefficient (Wildman–Crippen LogP) is 5.07. The van der Waals surface area contributed by atoms with Gasteiger partial charge in [-0.05, 0) is 71.5 Å². The number of nitrogens with zero attached hydrogens (tertiary/aromatic N) is 1. The van der Waals surface area contributed by atoms with Crippen LogP contribution in [0.3, 0.4) is 0 Å². The molecule has 0 fully saturated rings. The van der Waals surface area contributed by atoms with E-state index in [-0.39, 0.29) is 35.0 Å². The van der Waals surface area contributed by atoms with Crippen molar-refractivity contribution in [3.8, 4) is 5.75 Å². The van der Waals surface area contributed by atoms with Crippen LogP contribution in [0, 0.1) is 0 Å². The summed E-state index contributed by atoms with van der Waals surface area (Å²) in [6.45, 7) is 6.35. The molecule has 0 aliphatic carbocycles. The third-order valence-corrected chi connectivity index (χ3v) is 7.88. The molecule has 0 bridgehead atoms. The van der Waals surface area contributed by atoms with E-state index in [2.05, 4.69) is 31.4 Å². The topological polar surface area (TPSA) is 105 Å². The number of anilines is 2. The second kappa shape index (κ2) is 11.8. The van der Waals surface area contributed by atoms with Crippen LogP contribution in [0.4, 0.5) is 11.4 Å². The number of carbonyl (C=O) groups is 2. The van der Waals surface area contributed by atoms with Crippen LogP contribution in [0.15, 0.2) is 71.6 Å². The fraction of sp³-hybridized carbons (Fsp3) is 0.310. The molecule has 38 heavy (non-hydrogen) atoms. The van der Waals surface area contributed by atoms with Gasteiger partial charge in [0.05, 0.1) is 12.0 Å². The first-order chi connectivity index (χ1) is 17.8. The minimum Gasteiger partial charge on any atom is -0.496 e. The number of rotatable bonds is 9. The lowest BCUT2D eigenvalue weighted by molar-refractivity contribution is -0.116. The molecule has 0 aromatic heterocycles. The molecular formula is C29H35N3O5S. The number of aryl methyl sites for hydroxylation is 1. The van der Waals surface area contributed by atoms with Gasteiger partial charge in [0.15, 0.2) is 0 Å². The van der Waals surface area contributed by atoms with Gasteiger partial charge in [0.2, 0.25) is 15.9 Å². The highest BCUT2D eigenvalue weighted by atomic mass is 32.2. The van der Waals surface area contributed by atoms with Crippen LogP contribution in [0.1, 0.15) is 48.7 Å². The van der Waals surface area contributed by atoms with E-state index in [0.717, 1.165) is 9.87 Å².